The van der Waals surface area contributed by atoms with Crippen molar-refractivity contribution in [2.45, 2.75) is 31.1 Å². The molecule has 0 aromatic rings. The zero-order valence-electron chi connectivity index (χ0n) is 6.23. The summed E-state index contributed by atoms with van der Waals surface area (Å²) in [4.78, 5) is 11.0. The number of rotatable bonds is 0. The zero-order valence-corrected chi connectivity index (χ0v) is 7.81. The Labute approximate surface area is 69.5 Å². The first-order valence-corrected chi connectivity index (χ1v) is 4.47. The maximum Gasteiger partial charge on any atom is 0.234 e. The molecule has 1 heterocycles. The molecule has 0 bridgehead atoms. The lowest BCUT2D eigenvalue weighted by Crippen LogP contribution is -2.47. The van der Waals surface area contributed by atoms with Crippen molar-refractivity contribution in [1.82, 2.24) is 5.32 Å². The van der Waals surface area contributed by atoms with E-state index in [4.69, 9.17) is 0 Å². The topological polar surface area (TPSA) is 29.1 Å². The largest absolute Gasteiger partial charge is 0.352 e. The van der Waals surface area contributed by atoms with E-state index in [0.717, 1.165) is 6.42 Å². The molecule has 0 aromatic heterocycles. The third-order valence-corrected chi connectivity index (χ3v) is 2.88. The lowest BCUT2D eigenvalue weighted by Gasteiger charge is -2.29. The van der Waals surface area contributed by atoms with Gasteiger partial charge in [-0.25, -0.2) is 0 Å². The van der Waals surface area contributed by atoms with Crippen molar-refractivity contribution in [3.8, 4) is 0 Å². The van der Waals surface area contributed by atoms with Gasteiger partial charge in [0.1, 0.15) is 0 Å². The Kier molecular flexibility index (Phi) is 2.34. The summed E-state index contributed by atoms with van der Waals surface area (Å²) in [5, 5.41) is 2.89. The standard InChI is InChI=1S/C7H12BrNO/c1-4-3-6(8)7(10)9-5(4)2/h4-6H,3H2,1-2H3,(H,9,10). The van der Waals surface area contributed by atoms with Gasteiger partial charge in [-0.1, -0.05) is 22.9 Å². The smallest absolute Gasteiger partial charge is 0.234 e. The lowest BCUT2D eigenvalue weighted by molar-refractivity contribution is -0.123. The van der Waals surface area contributed by atoms with Crippen LogP contribution in [0.15, 0.2) is 0 Å². The van der Waals surface area contributed by atoms with Crippen molar-refractivity contribution in [2.24, 2.45) is 5.92 Å². The van der Waals surface area contributed by atoms with Crippen LogP contribution in [-0.2, 0) is 4.79 Å². The second kappa shape index (κ2) is 2.91. The molecule has 3 heteroatoms. The molecule has 3 unspecified atom stereocenters. The van der Waals surface area contributed by atoms with E-state index in [9.17, 15) is 4.79 Å². The minimum absolute atomic E-state index is 0.0266. The van der Waals surface area contributed by atoms with Gasteiger partial charge in [-0.15, -0.1) is 0 Å². The monoisotopic (exact) mass is 205 g/mol. The normalized spacial score (nSPS) is 41.1. The summed E-state index contributed by atoms with van der Waals surface area (Å²) in [5.74, 6) is 0.715. The van der Waals surface area contributed by atoms with Gasteiger partial charge in [0.15, 0.2) is 0 Å². The Bertz CT molecular complexity index is 149. The molecule has 1 amide bonds. The molecular weight excluding hydrogens is 194 g/mol. The Balaban J connectivity index is 2.54. The third kappa shape index (κ3) is 1.51. The second-order valence-electron chi connectivity index (χ2n) is 2.98. The molecule has 0 saturated carbocycles. The number of carbonyl (C=O) groups is 1. The Morgan fingerprint density at radius 1 is 1.60 bits per heavy atom. The van der Waals surface area contributed by atoms with Gasteiger partial charge >= 0.3 is 0 Å². The Morgan fingerprint density at radius 2 is 2.20 bits per heavy atom. The molecular formula is C7H12BrNO. The summed E-state index contributed by atoms with van der Waals surface area (Å²) >= 11 is 3.31. The van der Waals surface area contributed by atoms with Crippen LogP contribution < -0.4 is 5.32 Å². The molecule has 10 heavy (non-hydrogen) atoms. The minimum atomic E-state index is 0.0266. The van der Waals surface area contributed by atoms with Crippen LogP contribution in [-0.4, -0.2) is 16.8 Å². The summed E-state index contributed by atoms with van der Waals surface area (Å²) in [7, 11) is 0. The maximum absolute atomic E-state index is 11.0. The highest BCUT2D eigenvalue weighted by Gasteiger charge is 2.28. The maximum atomic E-state index is 11.0. The fraction of sp³-hybridized carbons (Fsp3) is 0.857. The molecule has 0 radical (unpaired) electrons. The van der Waals surface area contributed by atoms with Gasteiger partial charge in [-0.05, 0) is 19.3 Å². The van der Waals surface area contributed by atoms with E-state index in [-0.39, 0.29) is 10.7 Å². The fourth-order valence-electron chi connectivity index (χ4n) is 1.09. The average molecular weight is 206 g/mol. The van der Waals surface area contributed by atoms with Crippen LogP contribution in [0.1, 0.15) is 20.3 Å². The number of hydrogen-bond donors (Lipinski definition) is 1. The van der Waals surface area contributed by atoms with Crippen molar-refractivity contribution in [3.63, 3.8) is 0 Å². The molecule has 1 fully saturated rings. The van der Waals surface area contributed by atoms with Gasteiger partial charge in [-0.2, -0.15) is 0 Å². The molecule has 58 valence electrons. The summed E-state index contributed by atoms with van der Waals surface area (Å²) in [6, 6.07) is 0.335. The van der Waals surface area contributed by atoms with Crippen LogP contribution >= 0.6 is 15.9 Å². The zero-order chi connectivity index (χ0) is 7.72. The van der Waals surface area contributed by atoms with Crippen molar-refractivity contribution in [1.29, 1.82) is 0 Å². The molecule has 3 atom stereocenters. The quantitative estimate of drug-likeness (QED) is 0.594. The van der Waals surface area contributed by atoms with E-state index in [1.807, 2.05) is 6.92 Å². The summed E-state index contributed by atoms with van der Waals surface area (Å²) in [6.07, 6.45) is 0.951. The van der Waals surface area contributed by atoms with Gasteiger partial charge in [0.2, 0.25) is 5.91 Å². The highest BCUT2D eigenvalue weighted by molar-refractivity contribution is 9.10. The first-order chi connectivity index (χ1) is 4.61. The highest BCUT2D eigenvalue weighted by atomic mass is 79.9. The summed E-state index contributed by atoms with van der Waals surface area (Å²) in [6.45, 7) is 4.19. The predicted octanol–water partition coefficient (Wildman–Crippen LogP) is 1.29. The molecule has 1 aliphatic rings. The average Bonchev–Trinajstić information content (AvgIpc) is 1.84. The van der Waals surface area contributed by atoms with E-state index in [1.165, 1.54) is 0 Å². The van der Waals surface area contributed by atoms with Crippen LogP contribution in [0.5, 0.6) is 0 Å². The molecule has 0 spiro atoms. The van der Waals surface area contributed by atoms with Gasteiger partial charge in [0.05, 0.1) is 4.83 Å². The predicted molar refractivity (Wildman–Crippen MR) is 44.1 cm³/mol. The number of halogens is 1. The van der Waals surface area contributed by atoms with E-state index in [1.54, 1.807) is 0 Å². The van der Waals surface area contributed by atoms with E-state index >= 15 is 0 Å². The number of carbonyl (C=O) groups excluding carboxylic acids is 1. The highest BCUT2D eigenvalue weighted by Crippen LogP contribution is 2.21. The minimum Gasteiger partial charge on any atom is -0.352 e. The Morgan fingerprint density at radius 3 is 2.70 bits per heavy atom. The molecule has 2 nitrogen and oxygen atoms in total. The van der Waals surface area contributed by atoms with Crippen molar-refractivity contribution in [3.05, 3.63) is 0 Å². The first kappa shape index (κ1) is 8.05. The van der Waals surface area contributed by atoms with Crippen molar-refractivity contribution < 1.29 is 4.79 Å². The summed E-state index contributed by atoms with van der Waals surface area (Å²) in [5.41, 5.74) is 0. The molecule has 0 aliphatic carbocycles. The van der Waals surface area contributed by atoms with Gasteiger partial charge in [0.25, 0.3) is 0 Å². The fourth-order valence-corrected chi connectivity index (χ4v) is 1.82. The molecule has 1 rings (SSSR count). The lowest BCUT2D eigenvalue weighted by atomic mass is 9.94. The number of amides is 1. The number of hydrogen-bond acceptors (Lipinski definition) is 1. The van der Waals surface area contributed by atoms with Gasteiger partial charge in [0, 0.05) is 6.04 Å². The van der Waals surface area contributed by atoms with Crippen LogP contribution in [0.25, 0.3) is 0 Å². The van der Waals surface area contributed by atoms with E-state index < -0.39 is 0 Å². The number of piperidine rings is 1. The summed E-state index contributed by atoms with van der Waals surface area (Å²) < 4.78 is 0. The van der Waals surface area contributed by atoms with Crippen LogP contribution in [0.4, 0.5) is 0 Å². The van der Waals surface area contributed by atoms with Crippen LogP contribution in [0.2, 0.25) is 0 Å². The molecule has 1 saturated heterocycles. The van der Waals surface area contributed by atoms with Crippen LogP contribution in [0, 0.1) is 5.92 Å². The van der Waals surface area contributed by atoms with Gasteiger partial charge in [-0.3, -0.25) is 4.79 Å². The molecule has 1 aliphatic heterocycles. The van der Waals surface area contributed by atoms with Gasteiger partial charge < -0.3 is 5.32 Å². The number of alkyl halides is 1. The second-order valence-corrected chi connectivity index (χ2v) is 4.08. The number of nitrogens with one attached hydrogen (secondary N) is 1. The molecule has 0 aromatic carbocycles. The first-order valence-electron chi connectivity index (χ1n) is 3.55. The third-order valence-electron chi connectivity index (χ3n) is 2.09. The Hall–Kier alpha value is -0.0500. The van der Waals surface area contributed by atoms with E-state index in [2.05, 4.69) is 28.2 Å². The van der Waals surface area contributed by atoms with Crippen molar-refractivity contribution in [2.75, 3.05) is 0 Å². The molecule has 1 N–H and O–H groups in total. The van der Waals surface area contributed by atoms with E-state index in [0.29, 0.717) is 12.0 Å². The van der Waals surface area contributed by atoms with Crippen LogP contribution in [0.3, 0.4) is 0 Å². The van der Waals surface area contributed by atoms with Crippen molar-refractivity contribution >= 4 is 21.8 Å². The SMILES string of the molecule is CC1CC(Br)C(=O)NC1C.